The number of thioether (sulfide) groups is 2. The summed E-state index contributed by atoms with van der Waals surface area (Å²) in [7, 11) is 2.83. The van der Waals surface area contributed by atoms with E-state index in [9.17, 15) is 9.59 Å². The number of carbonyl (C=O) groups excluding carboxylic acids is 2. The average molecular weight is 382 g/mol. The summed E-state index contributed by atoms with van der Waals surface area (Å²) in [6.45, 7) is 0. The van der Waals surface area contributed by atoms with Crippen LogP contribution in [0.5, 0.6) is 0 Å². The lowest BCUT2D eigenvalue weighted by Gasteiger charge is -2.05. The Labute approximate surface area is 156 Å². The number of methoxy groups -OCH3 is 2. The monoisotopic (exact) mass is 381 g/mol. The van der Waals surface area contributed by atoms with E-state index in [1.165, 1.54) is 24.5 Å². The molecule has 2 rings (SSSR count). The molecule has 0 saturated heterocycles. The van der Waals surface area contributed by atoms with Gasteiger partial charge < -0.3 is 14.5 Å². The SMILES string of the molecule is COC(=O)CCCSc1[nH]c2ccccc2c1SCCCC(=O)OC. The van der Waals surface area contributed by atoms with E-state index < -0.39 is 0 Å². The van der Waals surface area contributed by atoms with Crippen LogP contribution < -0.4 is 0 Å². The Morgan fingerprint density at radius 2 is 1.56 bits per heavy atom. The minimum Gasteiger partial charge on any atom is -0.469 e. The van der Waals surface area contributed by atoms with Crippen molar-refractivity contribution in [3.63, 3.8) is 0 Å². The number of benzene rings is 1. The number of para-hydroxylation sites is 1. The number of fused-ring (bicyclic) bond motifs is 1. The quantitative estimate of drug-likeness (QED) is 0.377. The van der Waals surface area contributed by atoms with Crippen molar-refractivity contribution < 1.29 is 19.1 Å². The van der Waals surface area contributed by atoms with Crippen LogP contribution in [-0.2, 0) is 19.1 Å². The predicted molar refractivity (Wildman–Crippen MR) is 102 cm³/mol. The number of ether oxygens (including phenoxy) is 2. The van der Waals surface area contributed by atoms with E-state index in [2.05, 4.69) is 26.6 Å². The first-order valence-electron chi connectivity index (χ1n) is 8.15. The number of carbonyl (C=O) groups is 2. The molecular formula is C18H23NO4S2. The second-order valence-corrected chi connectivity index (χ2v) is 7.60. The second kappa shape index (κ2) is 10.4. The van der Waals surface area contributed by atoms with Gasteiger partial charge in [-0.25, -0.2) is 0 Å². The van der Waals surface area contributed by atoms with Crippen molar-refractivity contribution in [1.82, 2.24) is 4.98 Å². The smallest absolute Gasteiger partial charge is 0.305 e. The van der Waals surface area contributed by atoms with Crippen molar-refractivity contribution in [2.75, 3.05) is 25.7 Å². The fraction of sp³-hybridized carbons (Fsp3) is 0.444. The summed E-state index contributed by atoms with van der Waals surface area (Å²) in [5.74, 6) is 1.36. The molecule has 0 bridgehead atoms. The standard InChI is InChI=1S/C18H23NO4S2/c1-22-15(20)9-5-11-24-17-13-7-3-4-8-14(13)19-18(17)25-12-6-10-16(21)23-2/h3-4,7-8,19H,5-6,9-12H2,1-2H3. The van der Waals surface area contributed by atoms with Crippen LogP contribution in [0.25, 0.3) is 10.9 Å². The highest BCUT2D eigenvalue weighted by molar-refractivity contribution is 8.02. The lowest BCUT2D eigenvalue weighted by molar-refractivity contribution is -0.141. The molecule has 0 aliphatic heterocycles. The zero-order chi connectivity index (χ0) is 18.1. The van der Waals surface area contributed by atoms with Crippen LogP contribution in [0.3, 0.4) is 0 Å². The second-order valence-electron chi connectivity index (χ2n) is 5.39. The first-order valence-corrected chi connectivity index (χ1v) is 10.1. The Balaban J connectivity index is 1.97. The van der Waals surface area contributed by atoms with Crippen molar-refractivity contribution >= 4 is 46.4 Å². The summed E-state index contributed by atoms with van der Waals surface area (Å²) < 4.78 is 9.35. The zero-order valence-corrected chi connectivity index (χ0v) is 16.1. The number of hydrogen-bond acceptors (Lipinski definition) is 6. The van der Waals surface area contributed by atoms with E-state index in [1.54, 1.807) is 23.5 Å². The summed E-state index contributed by atoms with van der Waals surface area (Å²) in [4.78, 5) is 27.1. The third-order valence-corrected chi connectivity index (χ3v) is 6.05. The largest absolute Gasteiger partial charge is 0.469 e. The van der Waals surface area contributed by atoms with Gasteiger partial charge in [0.05, 0.1) is 19.2 Å². The number of nitrogens with one attached hydrogen (secondary N) is 1. The number of aromatic amines is 1. The van der Waals surface area contributed by atoms with Crippen LogP contribution in [0.2, 0.25) is 0 Å². The lowest BCUT2D eigenvalue weighted by Crippen LogP contribution is -2.00. The maximum atomic E-state index is 11.2. The van der Waals surface area contributed by atoms with E-state index >= 15 is 0 Å². The summed E-state index contributed by atoms with van der Waals surface area (Å²) in [6, 6.07) is 8.20. The highest BCUT2D eigenvalue weighted by atomic mass is 32.2. The molecule has 0 aliphatic carbocycles. The summed E-state index contributed by atoms with van der Waals surface area (Å²) in [5, 5.41) is 2.31. The summed E-state index contributed by atoms with van der Waals surface area (Å²) in [6.07, 6.45) is 2.43. The maximum Gasteiger partial charge on any atom is 0.305 e. The number of aromatic nitrogens is 1. The molecule has 0 aliphatic rings. The van der Waals surface area contributed by atoms with Gasteiger partial charge in [-0.2, -0.15) is 0 Å². The Morgan fingerprint density at radius 1 is 0.960 bits per heavy atom. The third kappa shape index (κ3) is 6.01. The molecule has 0 amide bonds. The normalized spacial score (nSPS) is 10.8. The van der Waals surface area contributed by atoms with Crippen LogP contribution in [-0.4, -0.2) is 42.6 Å². The van der Waals surface area contributed by atoms with E-state index in [-0.39, 0.29) is 11.9 Å². The average Bonchev–Trinajstić information content (AvgIpc) is 2.99. The highest BCUT2D eigenvalue weighted by Gasteiger charge is 2.13. The van der Waals surface area contributed by atoms with Crippen molar-refractivity contribution in [2.24, 2.45) is 0 Å². The van der Waals surface area contributed by atoms with Gasteiger partial charge in [-0.1, -0.05) is 18.2 Å². The topological polar surface area (TPSA) is 68.4 Å². The molecule has 0 atom stereocenters. The Bertz CT molecular complexity index is 714. The molecule has 25 heavy (non-hydrogen) atoms. The molecule has 1 aromatic heterocycles. The Hall–Kier alpha value is -1.60. The number of H-pyrrole nitrogens is 1. The van der Waals surface area contributed by atoms with Gasteiger partial charge in [-0.15, -0.1) is 23.5 Å². The van der Waals surface area contributed by atoms with Crippen LogP contribution in [0.4, 0.5) is 0 Å². The molecule has 0 radical (unpaired) electrons. The highest BCUT2D eigenvalue weighted by Crippen LogP contribution is 2.37. The Kier molecular flexibility index (Phi) is 8.21. The Morgan fingerprint density at radius 3 is 2.20 bits per heavy atom. The molecule has 0 unspecified atom stereocenters. The van der Waals surface area contributed by atoms with Crippen molar-refractivity contribution in [3.8, 4) is 0 Å². The third-order valence-electron chi connectivity index (χ3n) is 3.62. The zero-order valence-electron chi connectivity index (χ0n) is 14.5. The van der Waals surface area contributed by atoms with Crippen molar-refractivity contribution in [1.29, 1.82) is 0 Å². The van der Waals surface area contributed by atoms with Crippen molar-refractivity contribution in [3.05, 3.63) is 24.3 Å². The van der Waals surface area contributed by atoms with E-state index in [4.69, 9.17) is 0 Å². The van der Waals surface area contributed by atoms with Gasteiger partial charge in [0.2, 0.25) is 0 Å². The molecule has 1 heterocycles. The summed E-state index contributed by atoms with van der Waals surface area (Å²) in [5.41, 5.74) is 1.11. The van der Waals surface area contributed by atoms with Crippen molar-refractivity contribution in [2.45, 2.75) is 35.6 Å². The molecule has 1 aromatic carbocycles. The van der Waals surface area contributed by atoms with Gasteiger partial charge in [0, 0.05) is 34.4 Å². The lowest BCUT2D eigenvalue weighted by atomic mass is 10.2. The predicted octanol–water partition coefficient (Wildman–Crippen LogP) is 4.26. The fourth-order valence-corrected chi connectivity index (χ4v) is 4.60. The molecule has 2 aromatic rings. The van der Waals surface area contributed by atoms with Gasteiger partial charge in [0.1, 0.15) is 0 Å². The molecule has 136 valence electrons. The molecule has 1 N–H and O–H groups in total. The number of esters is 2. The number of rotatable bonds is 10. The molecule has 0 saturated carbocycles. The van der Waals surface area contributed by atoms with Gasteiger partial charge >= 0.3 is 11.9 Å². The van der Waals surface area contributed by atoms with Gasteiger partial charge in [-0.3, -0.25) is 9.59 Å². The fourth-order valence-electron chi connectivity index (χ4n) is 2.32. The molecule has 7 heteroatoms. The van der Waals surface area contributed by atoms with Crippen LogP contribution in [0.15, 0.2) is 34.2 Å². The van der Waals surface area contributed by atoms with E-state index in [0.717, 1.165) is 34.9 Å². The molecule has 0 fully saturated rings. The van der Waals surface area contributed by atoms with Crippen LogP contribution in [0, 0.1) is 0 Å². The number of hydrogen-bond donors (Lipinski definition) is 1. The van der Waals surface area contributed by atoms with Gasteiger partial charge in [-0.05, 0) is 24.7 Å². The molecular weight excluding hydrogens is 358 g/mol. The first kappa shape index (κ1) is 19.7. The van der Waals surface area contributed by atoms with Crippen LogP contribution in [0.1, 0.15) is 25.7 Å². The van der Waals surface area contributed by atoms with E-state index in [1.807, 2.05) is 12.1 Å². The van der Waals surface area contributed by atoms with Crippen LogP contribution >= 0.6 is 23.5 Å². The summed E-state index contributed by atoms with van der Waals surface area (Å²) >= 11 is 3.47. The first-order chi connectivity index (χ1) is 12.2. The van der Waals surface area contributed by atoms with Gasteiger partial charge in [0.15, 0.2) is 0 Å². The minimum atomic E-state index is -0.172. The molecule has 5 nitrogen and oxygen atoms in total. The minimum absolute atomic E-state index is 0.170. The molecule has 0 spiro atoms. The maximum absolute atomic E-state index is 11.2. The van der Waals surface area contributed by atoms with E-state index in [0.29, 0.717) is 12.8 Å². The van der Waals surface area contributed by atoms with Gasteiger partial charge in [0.25, 0.3) is 0 Å².